The van der Waals surface area contributed by atoms with Gasteiger partial charge in [0.15, 0.2) is 0 Å². The molecule has 1 aliphatic rings. The number of amides is 1. The smallest absolute Gasteiger partial charge is 0.232 e. The SMILES string of the molecule is CCS(=O)(=O)Nc1ccc(OC2CCN(C(=O)CCC(C)C)CC2)nc1. The Morgan fingerprint density at radius 1 is 1.35 bits per heavy atom. The van der Waals surface area contributed by atoms with Gasteiger partial charge in [0.2, 0.25) is 21.8 Å². The maximum Gasteiger partial charge on any atom is 0.232 e. The van der Waals surface area contributed by atoms with E-state index < -0.39 is 10.0 Å². The number of pyridine rings is 1. The van der Waals surface area contributed by atoms with E-state index in [2.05, 4.69) is 23.6 Å². The Morgan fingerprint density at radius 2 is 2.04 bits per heavy atom. The van der Waals surface area contributed by atoms with Crippen molar-refractivity contribution in [1.29, 1.82) is 0 Å². The molecule has 2 rings (SSSR count). The van der Waals surface area contributed by atoms with Crippen molar-refractivity contribution in [3.05, 3.63) is 18.3 Å². The third-order valence-electron chi connectivity index (χ3n) is 4.41. The van der Waals surface area contributed by atoms with E-state index in [0.717, 1.165) is 19.3 Å². The highest BCUT2D eigenvalue weighted by Crippen LogP contribution is 2.20. The number of aromatic nitrogens is 1. The molecule has 0 unspecified atom stereocenters. The fourth-order valence-electron chi connectivity index (χ4n) is 2.73. The van der Waals surface area contributed by atoms with Gasteiger partial charge in [0.25, 0.3) is 0 Å². The quantitative estimate of drug-likeness (QED) is 0.745. The predicted molar refractivity (Wildman–Crippen MR) is 102 cm³/mol. The second-order valence-electron chi connectivity index (χ2n) is 7.02. The van der Waals surface area contributed by atoms with Gasteiger partial charge in [-0.15, -0.1) is 0 Å². The van der Waals surface area contributed by atoms with Gasteiger partial charge in [-0.3, -0.25) is 9.52 Å². The predicted octanol–water partition coefficient (Wildman–Crippen LogP) is 2.65. The van der Waals surface area contributed by atoms with Crippen LogP contribution in [0.25, 0.3) is 0 Å². The molecule has 0 bridgehead atoms. The van der Waals surface area contributed by atoms with E-state index in [-0.39, 0.29) is 17.8 Å². The maximum atomic E-state index is 12.2. The van der Waals surface area contributed by atoms with Gasteiger partial charge >= 0.3 is 0 Å². The van der Waals surface area contributed by atoms with Crippen molar-refractivity contribution >= 4 is 21.6 Å². The van der Waals surface area contributed by atoms with Gasteiger partial charge in [0, 0.05) is 38.4 Å². The molecular weight excluding hydrogens is 354 g/mol. The minimum atomic E-state index is -3.31. The average molecular weight is 384 g/mol. The fourth-order valence-corrected chi connectivity index (χ4v) is 3.35. The number of piperidine rings is 1. The molecule has 1 aromatic heterocycles. The number of nitrogens with one attached hydrogen (secondary N) is 1. The van der Waals surface area contributed by atoms with Crippen LogP contribution in [0, 0.1) is 5.92 Å². The Kier molecular flexibility index (Phi) is 7.25. The van der Waals surface area contributed by atoms with Crippen LogP contribution in [-0.4, -0.2) is 49.2 Å². The molecular formula is C18H29N3O4S. The third-order valence-corrected chi connectivity index (χ3v) is 5.71. The highest BCUT2D eigenvalue weighted by atomic mass is 32.2. The monoisotopic (exact) mass is 383 g/mol. The molecule has 1 aliphatic heterocycles. The topological polar surface area (TPSA) is 88.6 Å². The second-order valence-corrected chi connectivity index (χ2v) is 9.03. The number of hydrogen-bond donors (Lipinski definition) is 1. The van der Waals surface area contributed by atoms with Gasteiger partial charge in [-0.1, -0.05) is 13.8 Å². The first kappa shape index (κ1) is 20.5. The zero-order valence-corrected chi connectivity index (χ0v) is 16.6. The van der Waals surface area contributed by atoms with E-state index in [1.54, 1.807) is 19.1 Å². The Bertz CT molecular complexity index is 681. The van der Waals surface area contributed by atoms with E-state index in [1.165, 1.54) is 6.20 Å². The van der Waals surface area contributed by atoms with Crippen molar-refractivity contribution in [2.75, 3.05) is 23.6 Å². The lowest BCUT2D eigenvalue weighted by molar-refractivity contribution is -0.133. The number of sulfonamides is 1. The number of likely N-dealkylation sites (tertiary alicyclic amines) is 1. The van der Waals surface area contributed by atoms with Crippen molar-refractivity contribution < 1.29 is 17.9 Å². The van der Waals surface area contributed by atoms with E-state index >= 15 is 0 Å². The van der Waals surface area contributed by atoms with Gasteiger partial charge in [0.05, 0.1) is 17.6 Å². The Hall–Kier alpha value is -1.83. The second kappa shape index (κ2) is 9.21. The molecule has 7 nitrogen and oxygen atoms in total. The number of carbonyl (C=O) groups is 1. The van der Waals surface area contributed by atoms with E-state index in [4.69, 9.17) is 4.74 Å². The number of anilines is 1. The first-order chi connectivity index (χ1) is 12.3. The van der Waals surface area contributed by atoms with Crippen molar-refractivity contribution in [3.63, 3.8) is 0 Å². The van der Waals surface area contributed by atoms with Crippen LogP contribution in [0.3, 0.4) is 0 Å². The number of ether oxygens (including phenoxy) is 1. The normalized spacial score (nSPS) is 15.9. The Morgan fingerprint density at radius 3 is 2.58 bits per heavy atom. The lowest BCUT2D eigenvalue weighted by Crippen LogP contribution is -2.41. The lowest BCUT2D eigenvalue weighted by atomic mass is 10.0. The molecule has 1 saturated heterocycles. The first-order valence-electron chi connectivity index (χ1n) is 9.20. The van der Waals surface area contributed by atoms with Crippen LogP contribution in [-0.2, 0) is 14.8 Å². The summed E-state index contributed by atoms with van der Waals surface area (Å²) in [4.78, 5) is 18.2. The molecule has 0 atom stereocenters. The van der Waals surface area contributed by atoms with Crippen LogP contribution in [0.5, 0.6) is 5.88 Å². The van der Waals surface area contributed by atoms with Gasteiger partial charge in [0.1, 0.15) is 6.10 Å². The zero-order valence-electron chi connectivity index (χ0n) is 15.8. The maximum absolute atomic E-state index is 12.2. The highest BCUT2D eigenvalue weighted by Gasteiger charge is 2.24. The Labute approximate surface area is 156 Å². The summed E-state index contributed by atoms with van der Waals surface area (Å²) in [5, 5.41) is 0. The molecule has 1 fully saturated rings. The molecule has 1 N–H and O–H groups in total. The molecule has 146 valence electrons. The summed E-state index contributed by atoms with van der Waals surface area (Å²) in [5.74, 6) is 1.24. The summed E-state index contributed by atoms with van der Waals surface area (Å²) in [6, 6.07) is 3.30. The minimum Gasteiger partial charge on any atom is -0.474 e. The van der Waals surface area contributed by atoms with Crippen LogP contribution in [0.4, 0.5) is 5.69 Å². The zero-order chi connectivity index (χ0) is 19.2. The summed E-state index contributed by atoms with van der Waals surface area (Å²) in [7, 11) is -3.31. The van der Waals surface area contributed by atoms with Crippen LogP contribution in [0.15, 0.2) is 18.3 Å². The van der Waals surface area contributed by atoms with Crippen molar-refractivity contribution in [3.8, 4) is 5.88 Å². The van der Waals surface area contributed by atoms with Crippen molar-refractivity contribution in [2.45, 2.75) is 52.6 Å². The van der Waals surface area contributed by atoms with Crippen molar-refractivity contribution in [2.24, 2.45) is 5.92 Å². The third kappa shape index (κ3) is 6.48. The molecule has 1 aromatic rings. The molecule has 2 heterocycles. The van der Waals surface area contributed by atoms with Crippen LogP contribution >= 0.6 is 0 Å². The molecule has 1 amide bonds. The van der Waals surface area contributed by atoms with E-state index in [0.29, 0.717) is 37.0 Å². The largest absolute Gasteiger partial charge is 0.474 e. The van der Waals surface area contributed by atoms with Crippen LogP contribution in [0.1, 0.15) is 46.5 Å². The first-order valence-corrected chi connectivity index (χ1v) is 10.8. The van der Waals surface area contributed by atoms with Gasteiger partial charge in [-0.05, 0) is 25.3 Å². The summed E-state index contributed by atoms with van der Waals surface area (Å²) >= 11 is 0. The molecule has 0 aromatic carbocycles. The average Bonchev–Trinajstić information content (AvgIpc) is 2.62. The van der Waals surface area contributed by atoms with E-state index in [9.17, 15) is 13.2 Å². The number of nitrogens with zero attached hydrogens (tertiary/aromatic N) is 2. The van der Waals surface area contributed by atoms with Gasteiger partial charge in [-0.25, -0.2) is 13.4 Å². The fraction of sp³-hybridized carbons (Fsp3) is 0.667. The number of hydrogen-bond acceptors (Lipinski definition) is 5. The lowest BCUT2D eigenvalue weighted by Gasteiger charge is -2.32. The summed E-state index contributed by atoms with van der Waals surface area (Å²) in [6.45, 7) is 7.23. The molecule has 8 heteroatoms. The molecule has 0 saturated carbocycles. The molecule has 0 spiro atoms. The minimum absolute atomic E-state index is 0.0136. The summed E-state index contributed by atoms with van der Waals surface area (Å²) in [5.41, 5.74) is 0.421. The van der Waals surface area contributed by atoms with E-state index in [1.807, 2.05) is 4.90 Å². The number of carbonyl (C=O) groups excluding carboxylic acids is 1. The Balaban J connectivity index is 1.79. The van der Waals surface area contributed by atoms with Gasteiger partial charge in [-0.2, -0.15) is 0 Å². The molecule has 26 heavy (non-hydrogen) atoms. The standard InChI is InChI=1S/C18H29N3O4S/c1-4-26(23,24)20-15-6-7-17(19-13-15)25-16-9-11-21(12-10-16)18(22)8-5-14(2)3/h6-7,13-14,16,20H,4-5,8-12H2,1-3H3. The van der Waals surface area contributed by atoms with Crippen molar-refractivity contribution in [1.82, 2.24) is 9.88 Å². The van der Waals surface area contributed by atoms with Gasteiger partial charge < -0.3 is 9.64 Å². The molecule has 0 aliphatic carbocycles. The summed E-state index contributed by atoms with van der Waals surface area (Å²) in [6.07, 6.45) is 4.56. The molecule has 0 radical (unpaired) electrons. The highest BCUT2D eigenvalue weighted by molar-refractivity contribution is 7.92. The number of rotatable bonds is 8. The van der Waals surface area contributed by atoms with Crippen LogP contribution in [0.2, 0.25) is 0 Å². The summed E-state index contributed by atoms with van der Waals surface area (Å²) < 4.78 is 31.4. The van der Waals surface area contributed by atoms with Crippen LogP contribution < -0.4 is 9.46 Å².